The van der Waals surface area contributed by atoms with Crippen LogP contribution in [0.5, 0.6) is 0 Å². The molecule has 1 aliphatic rings. The summed E-state index contributed by atoms with van der Waals surface area (Å²) in [5.74, 6) is 0.00171. The Hall–Kier alpha value is -2.13. The first-order valence-electron chi connectivity index (χ1n) is 9.48. The molecule has 3 amide bonds. The van der Waals surface area contributed by atoms with Crippen LogP contribution in [0.1, 0.15) is 38.2 Å². The van der Waals surface area contributed by atoms with Crippen molar-refractivity contribution in [1.29, 1.82) is 0 Å². The summed E-state index contributed by atoms with van der Waals surface area (Å²) in [7, 11) is -0.703. The number of benzene rings is 1. The molecule has 0 aromatic heterocycles. The van der Waals surface area contributed by atoms with E-state index >= 15 is 0 Å². The van der Waals surface area contributed by atoms with E-state index in [-0.39, 0.29) is 23.5 Å². The van der Waals surface area contributed by atoms with E-state index in [9.17, 15) is 18.0 Å². The van der Waals surface area contributed by atoms with Gasteiger partial charge in [-0.1, -0.05) is 25.8 Å². The maximum atomic E-state index is 12.4. The molecule has 8 nitrogen and oxygen atoms in total. The normalized spacial score (nSPS) is 19.9. The summed E-state index contributed by atoms with van der Waals surface area (Å²) in [6.45, 7) is 3.62. The third kappa shape index (κ3) is 5.68. The van der Waals surface area contributed by atoms with Gasteiger partial charge in [-0.2, -0.15) is 0 Å². The van der Waals surface area contributed by atoms with Crippen molar-refractivity contribution in [2.45, 2.75) is 50.5 Å². The molecule has 0 bridgehead atoms. The first-order chi connectivity index (χ1) is 13.1. The Morgan fingerprint density at radius 3 is 2.50 bits per heavy atom. The molecule has 0 unspecified atom stereocenters. The van der Waals surface area contributed by atoms with Gasteiger partial charge in [0.05, 0.1) is 11.4 Å². The van der Waals surface area contributed by atoms with Crippen molar-refractivity contribution in [1.82, 2.24) is 14.9 Å². The first kappa shape index (κ1) is 22.2. The lowest BCUT2D eigenvalue weighted by atomic mass is 9.86. The number of aryl methyl sites for hydroxylation is 1. The van der Waals surface area contributed by atoms with Crippen LogP contribution < -0.4 is 16.0 Å². The van der Waals surface area contributed by atoms with Gasteiger partial charge in [0.1, 0.15) is 0 Å². The van der Waals surface area contributed by atoms with Gasteiger partial charge in [0.25, 0.3) is 0 Å². The first-order valence-corrected chi connectivity index (χ1v) is 10.9. The largest absolute Gasteiger partial charge is 0.335 e. The lowest BCUT2D eigenvalue weighted by Gasteiger charge is -2.29. The Bertz CT molecular complexity index is 823. The van der Waals surface area contributed by atoms with Crippen LogP contribution in [0.3, 0.4) is 0 Å². The summed E-state index contributed by atoms with van der Waals surface area (Å²) < 4.78 is 25.9. The van der Waals surface area contributed by atoms with Gasteiger partial charge in [0.15, 0.2) is 0 Å². The number of rotatable bonds is 6. The van der Waals surface area contributed by atoms with E-state index in [4.69, 9.17) is 0 Å². The molecule has 156 valence electrons. The molecule has 0 saturated heterocycles. The van der Waals surface area contributed by atoms with E-state index in [1.807, 2.05) is 0 Å². The number of anilines is 1. The fraction of sp³-hybridized carbons (Fsp3) is 0.579. The quantitative estimate of drug-likeness (QED) is 0.667. The van der Waals surface area contributed by atoms with Gasteiger partial charge in [0.2, 0.25) is 15.9 Å². The second-order valence-corrected chi connectivity index (χ2v) is 9.63. The van der Waals surface area contributed by atoms with Gasteiger partial charge < -0.3 is 16.0 Å². The Labute approximate surface area is 167 Å². The number of urea groups is 1. The zero-order valence-corrected chi connectivity index (χ0v) is 17.7. The van der Waals surface area contributed by atoms with Crippen LogP contribution in [-0.2, 0) is 14.8 Å². The maximum Gasteiger partial charge on any atom is 0.315 e. The van der Waals surface area contributed by atoms with Gasteiger partial charge in [-0.15, -0.1) is 0 Å². The van der Waals surface area contributed by atoms with Crippen molar-refractivity contribution in [3.05, 3.63) is 23.8 Å². The molecular weight excluding hydrogens is 380 g/mol. The second kappa shape index (κ2) is 9.38. The molecule has 0 spiro atoms. The van der Waals surface area contributed by atoms with E-state index in [0.29, 0.717) is 17.2 Å². The molecule has 1 aromatic rings. The predicted octanol–water partition coefficient (Wildman–Crippen LogP) is 2.06. The highest BCUT2D eigenvalue weighted by molar-refractivity contribution is 7.89. The minimum absolute atomic E-state index is 0.132. The molecular formula is C19H30N4O4S. The highest BCUT2D eigenvalue weighted by atomic mass is 32.2. The molecule has 1 aliphatic carbocycles. The average molecular weight is 411 g/mol. The van der Waals surface area contributed by atoms with Crippen molar-refractivity contribution < 1.29 is 18.0 Å². The van der Waals surface area contributed by atoms with Gasteiger partial charge in [0, 0.05) is 25.8 Å². The topological polar surface area (TPSA) is 108 Å². The van der Waals surface area contributed by atoms with Crippen molar-refractivity contribution in [3.63, 3.8) is 0 Å². The van der Waals surface area contributed by atoms with Crippen molar-refractivity contribution >= 4 is 27.6 Å². The van der Waals surface area contributed by atoms with Gasteiger partial charge in [-0.3, -0.25) is 4.79 Å². The molecule has 3 N–H and O–H groups in total. The summed E-state index contributed by atoms with van der Waals surface area (Å²) in [5.41, 5.74) is 0.949. The summed E-state index contributed by atoms with van der Waals surface area (Å²) in [6.07, 6.45) is 4.33. The van der Waals surface area contributed by atoms with Crippen LogP contribution in [0.25, 0.3) is 0 Å². The Morgan fingerprint density at radius 1 is 1.18 bits per heavy atom. The van der Waals surface area contributed by atoms with Crippen molar-refractivity contribution in [2.24, 2.45) is 5.92 Å². The zero-order valence-electron chi connectivity index (χ0n) is 16.9. The lowest BCUT2D eigenvalue weighted by molar-refractivity contribution is -0.115. The number of hydrogen-bond donors (Lipinski definition) is 3. The standard InChI is InChI=1S/C19H30N4O4S/c1-13-7-5-6-8-16(13)22-19(25)20-12-18(24)21-15-10-9-14(2)17(11-15)28(26,27)23(3)4/h9-11,13,16H,5-8,12H2,1-4H3,(H,21,24)(H2,20,22,25)/t13-,16-/m0/s1. The third-order valence-electron chi connectivity index (χ3n) is 5.07. The SMILES string of the molecule is Cc1ccc(NC(=O)CNC(=O)N[C@H]2CCCC[C@@H]2C)cc1S(=O)(=O)N(C)C. The highest BCUT2D eigenvalue weighted by Gasteiger charge is 2.23. The van der Waals surface area contributed by atoms with Crippen LogP contribution in [0.2, 0.25) is 0 Å². The van der Waals surface area contributed by atoms with Crippen LogP contribution in [-0.4, -0.2) is 51.3 Å². The Kier molecular flexibility index (Phi) is 7.42. The fourth-order valence-corrected chi connectivity index (χ4v) is 4.41. The van der Waals surface area contributed by atoms with Crippen LogP contribution in [0, 0.1) is 12.8 Å². The van der Waals surface area contributed by atoms with E-state index in [1.165, 1.54) is 26.6 Å². The molecule has 0 aliphatic heterocycles. The van der Waals surface area contributed by atoms with Gasteiger partial charge in [-0.25, -0.2) is 17.5 Å². The van der Waals surface area contributed by atoms with Crippen molar-refractivity contribution in [3.8, 4) is 0 Å². The van der Waals surface area contributed by atoms with Gasteiger partial charge in [-0.05, 0) is 43.4 Å². The monoisotopic (exact) mass is 410 g/mol. The lowest BCUT2D eigenvalue weighted by Crippen LogP contribution is -2.47. The smallest absolute Gasteiger partial charge is 0.315 e. The molecule has 0 radical (unpaired) electrons. The summed E-state index contributed by atoms with van der Waals surface area (Å²) in [4.78, 5) is 24.3. The highest BCUT2D eigenvalue weighted by Crippen LogP contribution is 2.24. The summed E-state index contributed by atoms with van der Waals surface area (Å²) in [6, 6.07) is 4.45. The molecule has 1 saturated carbocycles. The zero-order chi connectivity index (χ0) is 20.9. The molecule has 0 heterocycles. The number of amides is 3. The summed E-state index contributed by atoms with van der Waals surface area (Å²) >= 11 is 0. The molecule has 28 heavy (non-hydrogen) atoms. The maximum absolute atomic E-state index is 12.4. The molecule has 2 atom stereocenters. The van der Waals surface area contributed by atoms with Crippen LogP contribution >= 0.6 is 0 Å². The number of carbonyl (C=O) groups is 2. The summed E-state index contributed by atoms with van der Waals surface area (Å²) in [5, 5.41) is 8.10. The number of sulfonamides is 1. The molecule has 1 fully saturated rings. The van der Waals surface area contributed by atoms with Crippen molar-refractivity contribution in [2.75, 3.05) is 26.0 Å². The van der Waals surface area contributed by atoms with E-state index in [0.717, 1.165) is 23.6 Å². The molecule has 1 aromatic carbocycles. The third-order valence-corrected chi connectivity index (χ3v) is 7.03. The average Bonchev–Trinajstić information content (AvgIpc) is 2.63. The van der Waals surface area contributed by atoms with Crippen LogP contribution in [0.15, 0.2) is 23.1 Å². The van der Waals surface area contributed by atoms with Crippen LogP contribution in [0.4, 0.5) is 10.5 Å². The van der Waals surface area contributed by atoms with E-state index in [1.54, 1.807) is 19.1 Å². The number of nitrogens with zero attached hydrogens (tertiary/aromatic N) is 1. The number of hydrogen-bond acceptors (Lipinski definition) is 4. The number of nitrogens with one attached hydrogen (secondary N) is 3. The fourth-order valence-electron chi connectivity index (χ4n) is 3.27. The second-order valence-electron chi connectivity index (χ2n) is 7.51. The Morgan fingerprint density at radius 2 is 1.86 bits per heavy atom. The molecule has 9 heteroatoms. The predicted molar refractivity (Wildman–Crippen MR) is 109 cm³/mol. The Balaban J connectivity index is 1.92. The van der Waals surface area contributed by atoms with E-state index in [2.05, 4.69) is 22.9 Å². The minimum atomic E-state index is -3.61. The minimum Gasteiger partial charge on any atom is -0.335 e. The molecule has 2 rings (SSSR count). The van der Waals surface area contributed by atoms with E-state index < -0.39 is 15.9 Å². The van der Waals surface area contributed by atoms with Gasteiger partial charge >= 0.3 is 6.03 Å². The number of carbonyl (C=O) groups excluding carboxylic acids is 2.